The molecule has 0 radical (unpaired) electrons. The molecule has 0 atom stereocenters. The van der Waals surface area contributed by atoms with Gasteiger partial charge in [-0.1, -0.05) is 0 Å². The first kappa shape index (κ1) is 14.2. The van der Waals surface area contributed by atoms with Gasteiger partial charge < -0.3 is 15.0 Å². The van der Waals surface area contributed by atoms with E-state index in [-0.39, 0.29) is 6.47 Å². The lowest BCUT2D eigenvalue weighted by Crippen LogP contribution is -2.23. The van der Waals surface area contributed by atoms with Crippen molar-refractivity contribution < 1.29 is 24.6 Å². The molecular formula is C8H14O5. The normalized spacial score (nSPS) is 9.38. The van der Waals surface area contributed by atoms with Gasteiger partial charge in [0, 0.05) is 6.42 Å². The summed E-state index contributed by atoms with van der Waals surface area (Å²) in [7, 11) is 0. The molecule has 0 unspecified atom stereocenters. The Morgan fingerprint density at radius 2 is 1.77 bits per heavy atom. The molecule has 0 saturated carbocycles. The number of rotatable bonds is 4. The molecule has 0 aliphatic heterocycles. The molecule has 0 amide bonds. The van der Waals surface area contributed by atoms with Gasteiger partial charge in [0.1, 0.15) is 6.29 Å². The monoisotopic (exact) mass is 190 g/mol. The molecule has 0 fully saturated rings. The summed E-state index contributed by atoms with van der Waals surface area (Å²) in [5.74, 6) is -0.852. The van der Waals surface area contributed by atoms with Crippen LogP contribution in [0.3, 0.4) is 0 Å². The highest BCUT2D eigenvalue weighted by Gasteiger charge is 2.25. The van der Waals surface area contributed by atoms with E-state index in [0.29, 0.717) is 12.8 Å². The van der Waals surface area contributed by atoms with E-state index >= 15 is 0 Å². The second-order valence-corrected chi connectivity index (χ2v) is 3.00. The fraction of sp³-hybridized carbons (Fsp3) is 0.625. The first-order chi connectivity index (χ1) is 5.92. The molecule has 0 spiro atoms. The summed E-state index contributed by atoms with van der Waals surface area (Å²) < 4.78 is 0. The van der Waals surface area contributed by atoms with Crippen molar-refractivity contribution >= 4 is 18.7 Å². The van der Waals surface area contributed by atoms with Crippen molar-refractivity contribution in [3.05, 3.63) is 0 Å². The number of aliphatic carboxylic acids is 1. The van der Waals surface area contributed by atoms with Gasteiger partial charge in [-0.15, -0.1) is 0 Å². The molecule has 0 aliphatic rings. The Labute approximate surface area is 76.4 Å². The fourth-order valence-electron chi connectivity index (χ4n) is 0.527. The van der Waals surface area contributed by atoms with Crippen LogP contribution in [0, 0.1) is 5.41 Å². The Morgan fingerprint density at radius 3 is 2.00 bits per heavy atom. The van der Waals surface area contributed by atoms with Gasteiger partial charge in [0.05, 0.1) is 5.41 Å². The third kappa shape index (κ3) is 8.52. The molecule has 5 nitrogen and oxygen atoms in total. The van der Waals surface area contributed by atoms with Crippen molar-refractivity contribution in [3.63, 3.8) is 0 Å². The quantitative estimate of drug-likeness (QED) is 0.639. The molecule has 13 heavy (non-hydrogen) atoms. The Kier molecular flexibility index (Phi) is 7.91. The van der Waals surface area contributed by atoms with Crippen molar-refractivity contribution in [2.45, 2.75) is 26.7 Å². The van der Waals surface area contributed by atoms with Gasteiger partial charge in [-0.25, -0.2) is 0 Å². The zero-order valence-electron chi connectivity index (χ0n) is 7.69. The largest absolute Gasteiger partial charge is 0.483 e. The first-order valence-corrected chi connectivity index (χ1v) is 3.67. The molecule has 0 heterocycles. The maximum absolute atomic E-state index is 10.4. The SMILES string of the molecule is CC(C)(CCC=O)C(=O)O.O=CO. The Balaban J connectivity index is 0. The number of hydrogen-bond donors (Lipinski definition) is 2. The van der Waals surface area contributed by atoms with Crippen LogP contribution >= 0.6 is 0 Å². The van der Waals surface area contributed by atoms with Gasteiger partial charge in [-0.05, 0) is 20.3 Å². The van der Waals surface area contributed by atoms with Crippen molar-refractivity contribution in [1.82, 2.24) is 0 Å². The summed E-state index contributed by atoms with van der Waals surface area (Å²) >= 11 is 0. The third-order valence-electron chi connectivity index (χ3n) is 1.47. The van der Waals surface area contributed by atoms with Crippen LogP contribution < -0.4 is 0 Å². The molecule has 0 aromatic heterocycles. The summed E-state index contributed by atoms with van der Waals surface area (Å²) in [5.41, 5.74) is -0.763. The second kappa shape index (κ2) is 7.27. The number of aldehydes is 1. The van der Waals surface area contributed by atoms with Crippen LogP contribution in [-0.2, 0) is 14.4 Å². The van der Waals surface area contributed by atoms with Crippen LogP contribution in [0.1, 0.15) is 26.7 Å². The van der Waals surface area contributed by atoms with Crippen LogP contribution in [-0.4, -0.2) is 28.9 Å². The average molecular weight is 190 g/mol. The predicted octanol–water partition coefficient (Wildman–Crippen LogP) is 0.777. The topological polar surface area (TPSA) is 91.7 Å². The first-order valence-electron chi connectivity index (χ1n) is 3.67. The van der Waals surface area contributed by atoms with E-state index in [1.165, 1.54) is 0 Å². The zero-order valence-corrected chi connectivity index (χ0v) is 7.69. The summed E-state index contributed by atoms with van der Waals surface area (Å²) in [6.07, 6.45) is 1.47. The highest BCUT2D eigenvalue weighted by atomic mass is 16.4. The Bertz CT molecular complexity index is 173. The molecule has 0 aliphatic carbocycles. The summed E-state index contributed by atoms with van der Waals surface area (Å²) in [6, 6.07) is 0. The van der Waals surface area contributed by atoms with Crippen LogP contribution in [0.2, 0.25) is 0 Å². The van der Waals surface area contributed by atoms with Gasteiger partial charge in [0.2, 0.25) is 0 Å². The lowest BCUT2D eigenvalue weighted by molar-refractivity contribution is -0.147. The van der Waals surface area contributed by atoms with Gasteiger partial charge >= 0.3 is 5.97 Å². The molecule has 5 heteroatoms. The average Bonchev–Trinajstić information content (AvgIpc) is 2.02. The maximum Gasteiger partial charge on any atom is 0.309 e. The van der Waals surface area contributed by atoms with Crippen molar-refractivity contribution in [3.8, 4) is 0 Å². The van der Waals surface area contributed by atoms with Gasteiger partial charge in [-0.3, -0.25) is 9.59 Å². The maximum atomic E-state index is 10.4. The van der Waals surface area contributed by atoms with E-state index < -0.39 is 11.4 Å². The lowest BCUT2D eigenvalue weighted by Gasteiger charge is -2.16. The van der Waals surface area contributed by atoms with Crippen LogP contribution in [0.25, 0.3) is 0 Å². The highest BCUT2D eigenvalue weighted by molar-refractivity contribution is 5.73. The molecule has 76 valence electrons. The standard InChI is InChI=1S/C7H12O3.CH2O2/c1-7(2,6(9)10)4-3-5-8;2-1-3/h5H,3-4H2,1-2H3,(H,9,10);1H,(H,2,3). The van der Waals surface area contributed by atoms with E-state index in [1.54, 1.807) is 13.8 Å². The smallest absolute Gasteiger partial charge is 0.309 e. The minimum absolute atomic E-state index is 0.250. The number of carbonyl (C=O) groups excluding carboxylic acids is 1. The zero-order chi connectivity index (χ0) is 10.9. The molecule has 0 bridgehead atoms. The fourth-order valence-corrected chi connectivity index (χ4v) is 0.527. The third-order valence-corrected chi connectivity index (χ3v) is 1.47. The Hall–Kier alpha value is -1.39. The minimum Gasteiger partial charge on any atom is -0.483 e. The lowest BCUT2D eigenvalue weighted by atomic mass is 9.88. The predicted molar refractivity (Wildman–Crippen MR) is 45.4 cm³/mol. The Morgan fingerprint density at radius 1 is 1.38 bits per heavy atom. The van der Waals surface area contributed by atoms with E-state index in [4.69, 9.17) is 15.0 Å². The second-order valence-electron chi connectivity index (χ2n) is 3.00. The number of carboxylic acids is 1. The van der Waals surface area contributed by atoms with E-state index in [1.807, 2.05) is 0 Å². The van der Waals surface area contributed by atoms with Crippen LogP contribution in [0.5, 0.6) is 0 Å². The molecule has 0 rings (SSSR count). The van der Waals surface area contributed by atoms with Gasteiger partial charge in [-0.2, -0.15) is 0 Å². The molecule has 0 aromatic rings. The van der Waals surface area contributed by atoms with Crippen molar-refractivity contribution in [1.29, 1.82) is 0 Å². The van der Waals surface area contributed by atoms with Crippen LogP contribution in [0.15, 0.2) is 0 Å². The van der Waals surface area contributed by atoms with Gasteiger partial charge in [0.15, 0.2) is 0 Å². The molecule has 2 N–H and O–H groups in total. The van der Waals surface area contributed by atoms with Crippen molar-refractivity contribution in [2.75, 3.05) is 0 Å². The highest BCUT2D eigenvalue weighted by Crippen LogP contribution is 2.21. The number of carbonyl (C=O) groups is 3. The molecule has 0 aromatic carbocycles. The minimum atomic E-state index is -0.852. The molecular weight excluding hydrogens is 176 g/mol. The van der Waals surface area contributed by atoms with E-state index in [0.717, 1.165) is 6.29 Å². The van der Waals surface area contributed by atoms with Crippen molar-refractivity contribution in [2.24, 2.45) is 5.41 Å². The summed E-state index contributed by atoms with van der Waals surface area (Å²) in [4.78, 5) is 28.7. The number of carboxylic acid groups (broad SMARTS) is 2. The summed E-state index contributed by atoms with van der Waals surface area (Å²) in [6.45, 7) is 2.97. The van der Waals surface area contributed by atoms with Crippen LogP contribution in [0.4, 0.5) is 0 Å². The summed E-state index contributed by atoms with van der Waals surface area (Å²) in [5, 5.41) is 15.4. The molecule has 0 saturated heterocycles. The van der Waals surface area contributed by atoms with Gasteiger partial charge in [0.25, 0.3) is 6.47 Å². The number of hydrogen-bond acceptors (Lipinski definition) is 3. The van der Waals surface area contributed by atoms with E-state index in [9.17, 15) is 9.59 Å². The van der Waals surface area contributed by atoms with E-state index in [2.05, 4.69) is 0 Å².